The van der Waals surface area contributed by atoms with Crippen molar-refractivity contribution in [3.63, 3.8) is 0 Å². The molecule has 0 saturated carbocycles. The molecular formula is C12H13NO2. The SMILES string of the molecule is O=C1NCC(c2cccc3c2CCC3)O1. The fraction of sp³-hybridized carbons (Fsp3) is 0.417. The van der Waals surface area contributed by atoms with Crippen molar-refractivity contribution in [2.45, 2.75) is 25.4 Å². The Morgan fingerprint density at radius 2 is 2.27 bits per heavy atom. The van der Waals surface area contributed by atoms with Gasteiger partial charge < -0.3 is 10.1 Å². The van der Waals surface area contributed by atoms with Crippen LogP contribution in [0, 0.1) is 0 Å². The minimum Gasteiger partial charge on any atom is -0.439 e. The van der Waals surface area contributed by atoms with E-state index in [1.54, 1.807) is 0 Å². The quantitative estimate of drug-likeness (QED) is 0.757. The van der Waals surface area contributed by atoms with Gasteiger partial charge in [-0.2, -0.15) is 0 Å². The van der Waals surface area contributed by atoms with E-state index in [-0.39, 0.29) is 12.2 Å². The highest BCUT2D eigenvalue weighted by Crippen LogP contribution is 2.31. The third-order valence-corrected chi connectivity index (χ3v) is 3.21. The molecule has 1 unspecified atom stereocenters. The van der Waals surface area contributed by atoms with Crippen LogP contribution in [-0.2, 0) is 17.6 Å². The number of carbonyl (C=O) groups excluding carboxylic acids is 1. The topological polar surface area (TPSA) is 38.3 Å². The second-order valence-corrected chi connectivity index (χ2v) is 4.11. The molecule has 1 fully saturated rings. The van der Waals surface area contributed by atoms with E-state index in [9.17, 15) is 4.79 Å². The fourth-order valence-corrected chi connectivity index (χ4v) is 2.51. The van der Waals surface area contributed by atoms with Crippen LogP contribution in [0.5, 0.6) is 0 Å². The molecule has 0 bridgehead atoms. The van der Waals surface area contributed by atoms with Gasteiger partial charge in [-0.3, -0.25) is 0 Å². The Kier molecular flexibility index (Phi) is 1.91. The standard InChI is InChI=1S/C12H13NO2/c14-12-13-7-11(15-12)10-6-2-4-8-3-1-5-9(8)10/h2,4,6,11H,1,3,5,7H2,(H,13,14). The molecule has 1 N–H and O–H groups in total. The molecule has 1 heterocycles. The number of ether oxygens (including phenoxy) is 1. The van der Waals surface area contributed by atoms with Gasteiger partial charge in [0.15, 0.2) is 0 Å². The van der Waals surface area contributed by atoms with Crippen LogP contribution in [0.25, 0.3) is 0 Å². The highest BCUT2D eigenvalue weighted by Gasteiger charge is 2.27. The molecule has 1 atom stereocenters. The van der Waals surface area contributed by atoms with Crippen molar-refractivity contribution >= 4 is 6.09 Å². The van der Waals surface area contributed by atoms with Crippen LogP contribution in [0.4, 0.5) is 4.79 Å². The summed E-state index contributed by atoms with van der Waals surface area (Å²) in [5.74, 6) is 0. The number of hydrogen-bond acceptors (Lipinski definition) is 2. The second-order valence-electron chi connectivity index (χ2n) is 4.11. The predicted molar refractivity (Wildman–Crippen MR) is 55.7 cm³/mol. The van der Waals surface area contributed by atoms with Crippen LogP contribution in [-0.4, -0.2) is 12.6 Å². The molecule has 3 nitrogen and oxygen atoms in total. The van der Waals surface area contributed by atoms with Crippen LogP contribution >= 0.6 is 0 Å². The largest absolute Gasteiger partial charge is 0.439 e. The van der Waals surface area contributed by atoms with Crippen molar-refractivity contribution in [3.05, 3.63) is 34.9 Å². The highest BCUT2D eigenvalue weighted by molar-refractivity contribution is 5.70. The van der Waals surface area contributed by atoms with E-state index < -0.39 is 0 Å². The molecule has 2 aliphatic rings. The van der Waals surface area contributed by atoms with Gasteiger partial charge in [-0.25, -0.2) is 4.79 Å². The van der Waals surface area contributed by atoms with Gasteiger partial charge in [-0.1, -0.05) is 18.2 Å². The lowest BCUT2D eigenvalue weighted by molar-refractivity contribution is 0.140. The van der Waals surface area contributed by atoms with E-state index in [1.807, 2.05) is 0 Å². The van der Waals surface area contributed by atoms with Gasteiger partial charge in [0, 0.05) is 0 Å². The van der Waals surface area contributed by atoms with Crippen LogP contribution in [0.15, 0.2) is 18.2 Å². The van der Waals surface area contributed by atoms with Gasteiger partial charge in [0.1, 0.15) is 6.10 Å². The Morgan fingerprint density at radius 3 is 3.07 bits per heavy atom. The summed E-state index contributed by atoms with van der Waals surface area (Å²) in [6, 6.07) is 6.32. The summed E-state index contributed by atoms with van der Waals surface area (Å²) < 4.78 is 5.22. The molecule has 1 aliphatic heterocycles. The molecule has 78 valence electrons. The van der Waals surface area contributed by atoms with Crippen LogP contribution in [0.1, 0.15) is 29.2 Å². The van der Waals surface area contributed by atoms with Gasteiger partial charge in [0.25, 0.3) is 0 Å². The summed E-state index contributed by atoms with van der Waals surface area (Å²) >= 11 is 0. The molecule has 0 aromatic heterocycles. The zero-order valence-electron chi connectivity index (χ0n) is 8.45. The summed E-state index contributed by atoms with van der Waals surface area (Å²) in [6.07, 6.45) is 3.14. The van der Waals surface area contributed by atoms with Crippen molar-refractivity contribution in [2.75, 3.05) is 6.54 Å². The fourth-order valence-electron chi connectivity index (χ4n) is 2.51. The zero-order chi connectivity index (χ0) is 10.3. The van der Waals surface area contributed by atoms with Gasteiger partial charge in [0.2, 0.25) is 0 Å². The average molecular weight is 203 g/mol. The lowest BCUT2D eigenvalue weighted by Crippen LogP contribution is -2.12. The summed E-state index contributed by atoms with van der Waals surface area (Å²) in [5, 5.41) is 2.70. The van der Waals surface area contributed by atoms with Gasteiger partial charge in [-0.15, -0.1) is 0 Å². The van der Waals surface area contributed by atoms with Gasteiger partial charge in [0.05, 0.1) is 6.54 Å². The number of aryl methyl sites for hydroxylation is 1. The second kappa shape index (κ2) is 3.26. The maximum Gasteiger partial charge on any atom is 0.407 e. The Morgan fingerprint density at radius 1 is 1.33 bits per heavy atom. The highest BCUT2D eigenvalue weighted by atomic mass is 16.6. The lowest BCUT2D eigenvalue weighted by atomic mass is 9.99. The van der Waals surface area contributed by atoms with Crippen molar-refractivity contribution in [2.24, 2.45) is 0 Å². The van der Waals surface area contributed by atoms with Crippen molar-refractivity contribution in [1.82, 2.24) is 5.32 Å². The number of fused-ring (bicyclic) bond motifs is 1. The lowest BCUT2D eigenvalue weighted by Gasteiger charge is -2.12. The first kappa shape index (κ1) is 8.77. The van der Waals surface area contributed by atoms with Crippen LogP contribution in [0.3, 0.4) is 0 Å². The number of amides is 1. The summed E-state index contributed by atoms with van der Waals surface area (Å²) in [6.45, 7) is 0.606. The Bertz CT molecular complexity index is 414. The summed E-state index contributed by atoms with van der Waals surface area (Å²) in [7, 11) is 0. The maximum atomic E-state index is 11.0. The number of cyclic esters (lactones) is 1. The number of alkyl carbamates (subject to hydrolysis) is 1. The third kappa shape index (κ3) is 1.39. The van der Waals surface area contributed by atoms with E-state index in [2.05, 4.69) is 23.5 Å². The molecule has 1 saturated heterocycles. The Hall–Kier alpha value is -1.51. The Balaban J connectivity index is 1.98. The number of nitrogens with one attached hydrogen (secondary N) is 1. The molecule has 0 spiro atoms. The van der Waals surface area contributed by atoms with Crippen molar-refractivity contribution < 1.29 is 9.53 Å². The molecule has 1 aromatic rings. The first-order valence-electron chi connectivity index (χ1n) is 5.40. The zero-order valence-corrected chi connectivity index (χ0v) is 8.45. The molecule has 0 radical (unpaired) electrons. The molecule has 1 amide bonds. The van der Waals surface area contributed by atoms with Gasteiger partial charge >= 0.3 is 6.09 Å². The minimum absolute atomic E-state index is 0.0782. The molecule has 3 rings (SSSR count). The summed E-state index contributed by atoms with van der Waals surface area (Å²) in [5.41, 5.74) is 4.03. The van der Waals surface area contributed by atoms with E-state index >= 15 is 0 Å². The van der Waals surface area contributed by atoms with E-state index in [1.165, 1.54) is 23.1 Å². The normalized spacial score (nSPS) is 23.5. The Labute approximate surface area is 88.4 Å². The monoisotopic (exact) mass is 203 g/mol. The van der Waals surface area contributed by atoms with Gasteiger partial charge in [-0.05, 0) is 36.0 Å². The minimum atomic E-state index is -0.296. The molecule has 3 heteroatoms. The van der Waals surface area contributed by atoms with Crippen LogP contribution < -0.4 is 5.32 Å². The van der Waals surface area contributed by atoms with Crippen molar-refractivity contribution in [3.8, 4) is 0 Å². The number of benzene rings is 1. The smallest absolute Gasteiger partial charge is 0.407 e. The first-order chi connectivity index (χ1) is 7.34. The van der Waals surface area contributed by atoms with Crippen LogP contribution in [0.2, 0.25) is 0 Å². The van der Waals surface area contributed by atoms with E-state index in [4.69, 9.17) is 4.74 Å². The predicted octanol–water partition coefficient (Wildman–Crippen LogP) is 1.96. The molecule has 1 aliphatic carbocycles. The van der Waals surface area contributed by atoms with Crippen molar-refractivity contribution in [1.29, 1.82) is 0 Å². The maximum absolute atomic E-state index is 11.0. The molecular weight excluding hydrogens is 190 g/mol. The molecule has 1 aromatic carbocycles. The van der Waals surface area contributed by atoms with E-state index in [0.29, 0.717) is 6.54 Å². The first-order valence-corrected chi connectivity index (χ1v) is 5.40. The summed E-state index contributed by atoms with van der Waals surface area (Å²) in [4.78, 5) is 11.0. The molecule has 15 heavy (non-hydrogen) atoms. The number of carbonyl (C=O) groups is 1. The number of hydrogen-bond donors (Lipinski definition) is 1. The van der Waals surface area contributed by atoms with E-state index in [0.717, 1.165) is 12.8 Å². The number of rotatable bonds is 1. The third-order valence-electron chi connectivity index (χ3n) is 3.21. The average Bonchev–Trinajstić information content (AvgIpc) is 2.84.